The molecule has 1 aromatic heterocycles. The zero-order valence-corrected chi connectivity index (χ0v) is 10.3. The van der Waals surface area contributed by atoms with Crippen molar-refractivity contribution in [3.63, 3.8) is 0 Å². The van der Waals surface area contributed by atoms with Gasteiger partial charge < -0.3 is 5.11 Å². The molecule has 0 radical (unpaired) electrons. The van der Waals surface area contributed by atoms with Gasteiger partial charge in [-0.3, -0.25) is 9.88 Å². The number of fused-ring (bicyclic) bond motifs is 1. The molecule has 1 saturated heterocycles. The smallest absolute Gasteiger partial charge is 0.0583 e. The molecule has 92 valence electrons. The number of aromatic nitrogens is 1. The van der Waals surface area contributed by atoms with E-state index in [0.717, 1.165) is 26.1 Å². The van der Waals surface area contributed by atoms with Gasteiger partial charge in [-0.05, 0) is 37.3 Å². The van der Waals surface area contributed by atoms with Crippen LogP contribution < -0.4 is 0 Å². The zero-order chi connectivity index (χ0) is 11.8. The van der Waals surface area contributed by atoms with Crippen molar-refractivity contribution in [1.82, 2.24) is 9.88 Å². The molecule has 3 rings (SSSR count). The summed E-state index contributed by atoms with van der Waals surface area (Å²) >= 11 is 0. The lowest BCUT2D eigenvalue weighted by Gasteiger charge is -2.18. The van der Waals surface area contributed by atoms with E-state index in [9.17, 15) is 5.11 Å². The summed E-state index contributed by atoms with van der Waals surface area (Å²) in [6, 6.07) is 4.11. The summed E-state index contributed by atoms with van der Waals surface area (Å²) in [4.78, 5) is 6.90. The molecule has 0 spiro atoms. The quantitative estimate of drug-likeness (QED) is 0.841. The molecule has 3 heteroatoms. The number of rotatable bonds is 2. The highest BCUT2D eigenvalue weighted by Gasteiger charge is 2.41. The van der Waals surface area contributed by atoms with E-state index in [0.29, 0.717) is 11.8 Å². The first-order valence-corrected chi connectivity index (χ1v) is 6.55. The molecule has 1 aromatic rings. The minimum absolute atomic E-state index is 0.0603. The maximum Gasteiger partial charge on any atom is 0.0583 e. The van der Waals surface area contributed by atoms with Crippen LogP contribution in [0, 0.1) is 18.8 Å². The van der Waals surface area contributed by atoms with Gasteiger partial charge in [-0.25, -0.2) is 0 Å². The fraction of sp³-hybridized carbons (Fsp3) is 0.643. The summed E-state index contributed by atoms with van der Waals surface area (Å²) in [5.74, 6) is 1.23. The van der Waals surface area contributed by atoms with Gasteiger partial charge in [0.1, 0.15) is 0 Å². The second kappa shape index (κ2) is 4.39. The largest absolute Gasteiger partial charge is 0.393 e. The second-order valence-corrected chi connectivity index (χ2v) is 5.53. The number of hydrogen-bond acceptors (Lipinski definition) is 3. The highest BCUT2D eigenvalue weighted by atomic mass is 16.3. The average Bonchev–Trinajstić information content (AvgIpc) is 2.85. The normalized spacial score (nSPS) is 32.9. The predicted octanol–water partition coefficient (Wildman–Crippen LogP) is 1.59. The van der Waals surface area contributed by atoms with Crippen molar-refractivity contribution in [2.24, 2.45) is 11.8 Å². The molecular weight excluding hydrogens is 212 g/mol. The fourth-order valence-electron chi connectivity index (χ4n) is 3.35. The number of aliphatic hydroxyl groups is 1. The molecule has 2 aliphatic rings. The summed E-state index contributed by atoms with van der Waals surface area (Å²) in [7, 11) is 0. The Balaban J connectivity index is 1.67. The topological polar surface area (TPSA) is 36.4 Å². The van der Waals surface area contributed by atoms with Gasteiger partial charge in [0.15, 0.2) is 0 Å². The molecule has 3 nitrogen and oxygen atoms in total. The second-order valence-electron chi connectivity index (χ2n) is 5.53. The SMILES string of the molecule is Cc1cccnc1CN1CC2CCC(O)C2C1. The van der Waals surface area contributed by atoms with Gasteiger partial charge >= 0.3 is 0 Å². The van der Waals surface area contributed by atoms with E-state index < -0.39 is 0 Å². The number of aliphatic hydroxyl groups excluding tert-OH is 1. The summed E-state index contributed by atoms with van der Waals surface area (Å²) < 4.78 is 0. The van der Waals surface area contributed by atoms with Gasteiger partial charge in [-0.15, -0.1) is 0 Å². The number of aryl methyl sites for hydroxylation is 1. The molecule has 1 aliphatic carbocycles. The molecule has 2 heterocycles. The van der Waals surface area contributed by atoms with Crippen molar-refractivity contribution >= 4 is 0 Å². The Kier molecular flexibility index (Phi) is 2.89. The fourth-order valence-corrected chi connectivity index (χ4v) is 3.35. The van der Waals surface area contributed by atoms with Crippen molar-refractivity contribution < 1.29 is 5.11 Å². The first-order valence-electron chi connectivity index (χ1n) is 6.55. The Morgan fingerprint density at radius 3 is 3.06 bits per heavy atom. The van der Waals surface area contributed by atoms with E-state index >= 15 is 0 Å². The lowest BCUT2D eigenvalue weighted by Crippen LogP contribution is -2.25. The van der Waals surface area contributed by atoms with E-state index in [4.69, 9.17) is 0 Å². The maximum absolute atomic E-state index is 9.90. The Hall–Kier alpha value is -0.930. The Morgan fingerprint density at radius 1 is 1.41 bits per heavy atom. The van der Waals surface area contributed by atoms with Crippen LogP contribution in [0.5, 0.6) is 0 Å². The third-order valence-corrected chi connectivity index (χ3v) is 4.39. The van der Waals surface area contributed by atoms with Crippen LogP contribution in [0.1, 0.15) is 24.1 Å². The molecule has 0 bridgehead atoms. The molecule has 0 aromatic carbocycles. The predicted molar refractivity (Wildman–Crippen MR) is 66.5 cm³/mol. The summed E-state index contributed by atoms with van der Waals surface area (Å²) in [6.45, 7) is 5.24. The van der Waals surface area contributed by atoms with Crippen molar-refractivity contribution in [2.45, 2.75) is 32.4 Å². The molecule has 2 fully saturated rings. The average molecular weight is 232 g/mol. The van der Waals surface area contributed by atoms with Gasteiger partial charge in [0.2, 0.25) is 0 Å². The number of nitrogens with zero attached hydrogens (tertiary/aromatic N) is 2. The van der Waals surface area contributed by atoms with Crippen LogP contribution in [-0.2, 0) is 6.54 Å². The molecule has 0 amide bonds. The third kappa shape index (κ3) is 2.09. The lowest BCUT2D eigenvalue weighted by atomic mass is 10.00. The van der Waals surface area contributed by atoms with Crippen LogP contribution in [0.4, 0.5) is 0 Å². The Bertz CT molecular complexity index is 407. The third-order valence-electron chi connectivity index (χ3n) is 4.39. The van der Waals surface area contributed by atoms with Crippen molar-refractivity contribution in [3.05, 3.63) is 29.6 Å². The summed E-state index contributed by atoms with van der Waals surface area (Å²) in [5.41, 5.74) is 2.45. The van der Waals surface area contributed by atoms with E-state index in [1.54, 1.807) is 0 Å². The Labute approximate surface area is 102 Å². The summed E-state index contributed by atoms with van der Waals surface area (Å²) in [6.07, 6.45) is 4.01. The standard InChI is InChI=1S/C14H20N2O/c1-10-3-2-6-15-13(10)9-16-7-11-4-5-14(17)12(11)8-16/h2-3,6,11-12,14,17H,4-5,7-9H2,1H3. The molecule has 1 N–H and O–H groups in total. The van der Waals surface area contributed by atoms with E-state index in [2.05, 4.69) is 22.9 Å². The molecular formula is C14H20N2O. The van der Waals surface area contributed by atoms with Gasteiger partial charge in [0.25, 0.3) is 0 Å². The molecule has 17 heavy (non-hydrogen) atoms. The van der Waals surface area contributed by atoms with Crippen LogP contribution >= 0.6 is 0 Å². The van der Waals surface area contributed by atoms with Crippen LogP contribution in [0.25, 0.3) is 0 Å². The van der Waals surface area contributed by atoms with Crippen molar-refractivity contribution in [2.75, 3.05) is 13.1 Å². The number of hydrogen-bond donors (Lipinski definition) is 1. The van der Waals surface area contributed by atoms with Gasteiger partial charge in [-0.1, -0.05) is 6.07 Å². The molecule has 3 unspecified atom stereocenters. The van der Waals surface area contributed by atoms with E-state index in [1.807, 2.05) is 12.3 Å². The van der Waals surface area contributed by atoms with Gasteiger partial charge in [0.05, 0.1) is 11.8 Å². The first-order chi connectivity index (χ1) is 8.24. The van der Waals surface area contributed by atoms with Crippen molar-refractivity contribution in [1.29, 1.82) is 0 Å². The zero-order valence-electron chi connectivity index (χ0n) is 10.3. The lowest BCUT2D eigenvalue weighted by molar-refractivity contribution is 0.123. The minimum Gasteiger partial charge on any atom is -0.393 e. The van der Waals surface area contributed by atoms with Gasteiger partial charge in [-0.2, -0.15) is 0 Å². The van der Waals surface area contributed by atoms with Crippen molar-refractivity contribution in [3.8, 4) is 0 Å². The minimum atomic E-state index is -0.0603. The van der Waals surface area contributed by atoms with E-state index in [-0.39, 0.29) is 6.10 Å². The van der Waals surface area contributed by atoms with Gasteiger partial charge in [0, 0.05) is 31.7 Å². The summed E-state index contributed by atoms with van der Waals surface area (Å²) in [5, 5.41) is 9.90. The van der Waals surface area contributed by atoms with Crippen LogP contribution in [0.2, 0.25) is 0 Å². The highest BCUT2D eigenvalue weighted by Crippen LogP contribution is 2.38. The van der Waals surface area contributed by atoms with Crippen LogP contribution in [0.3, 0.4) is 0 Å². The highest BCUT2D eigenvalue weighted by molar-refractivity contribution is 5.17. The molecule has 1 aliphatic heterocycles. The molecule has 1 saturated carbocycles. The number of likely N-dealkylation sites (tertiary alicyclic amines) is 1. The Morgan fingerprint density at radius 2 is 2.29 bits per heavy atom. The van der Waals surface area contributed by atoms with Crippen LogP contribution in [0.15, 0.2) is 18.3 Å². The monoisotopic (exact) mass is 232 g/mol. The van der Waals surface area contributed by atoms with E-state index in [1.165, 1.54) is 17.7 Å². The number of pyridine rings is 1. The molecule has 3 atom stereocenters. The maximum atomic E-state index is 9.90. The van der Waals surface area contributed by atoms with Crippen LogP contribution in [-0.4, -0.2) is 34.2 Å². The first kappa shape index (κ1) is 11.2.